The number of phenolic OH excluding ortho intramolecular Hbond substituents is 1. The molecule has 3 aromatic carbocycles. The van der Waals surface area contributed by atoms with Gasteiger partial charge < -0.3 is 25.0 Å². The van der Waals surface area contributed by atoms with Crippen molar-refractivity contribution < 1.29 is 36.9 Å². The normalized spacial score (nSPS) is 13.2. The Morgan fingerprint density at radius 1 is 0.946 bits per heavy atom. The number of hydrogen-bond donors (Lipinski definition) is 4. The molecule has 3 rings (SSSR count). The minimum absolute atomic E-state index is 0.0281. The van der Waals surface area contributed by atoms with Gasteiger partial charge in [0.05, 0.1) is 25.2 Å². The van der Waals surface area contributed by atoms with Gasteiger partial charge >= 0.3 is 6.61 Å². The van der Waals surface area contributed by atoms with Crippen molar-refractivity contribution in [1.29, 1.82) is 0 Å². The van der Waals surface area contributed by atoms with Crippen molar-refractivity contribution in [2.24, 2.45) is 0 Å². The number of ether oxygens (including phenoxy) is 2. The molecular weight excluding hydrogens is 506 g/mol. The molecule has 2 unspecified atom stereocenters. The molecule has 37 heavy (non-hydrogen) atoms. The maximum Gasteiger partial charge on any atom is 0.387 e. The molecule has 2 atom stereocenters. The molecule has 0 aliphatic rings. The molecule has 0 bridgehead atoms. The Bertz CT molecular complexity index is 1280. The largest absolute Gasteiger partial charge is 0.506 e. The molecule has 0 radical (unpaired) electrons. The summed E-state index contributed by atoms with van der Waals surface area (Å²) in [5.74, 6) is -0.142. The number of aliphatic hydroxyl groups is 1. The first kappa shape index (κ1) is 28.2. The first-order valence-electron chi connectivity index (χ1n) is 11.4. The quantitative estimate of drug-likeness (QED) is 0.245. The van der Waals surface area contributed by atoms with Gasteiger partial charge in [0.15, 0.2) is 11.5 Å². The molecule has 8 nitrogen and oxygen atoms in total. The Balaban J connectivity index is 1.76. The van der Waals surface area contributed by atoms with Gasteiger partial charge in [-0.1, -0.05) is 42.5 Å². The minimum Gasteiger partial charge on any atom is -0.506 e. The number of halogens is 2. The number of nitrogens with one attached hydrogen (secondary N) is 2. The fourth-order valence-corrected chi connectivity index (χ4v) is 4.43. The van der Waals surface area contributed by atoms with E-state index in [-0.39, 0.29) is 41.9 Å². The molecule has 0 spiro atoms. The van der Waals surface area contributed by atoms with Gasteiger partial charge in [-0.25, -0.2) is 8.42 Å². The van der Waals surface area contributed by atoms with Crippen LogP contribution >= 0.6 is 0 Å². The maximum atomic E-state index is 12.7. The zero-order valence-corrected chi connectivity index (χ0v) is 21.2. The number of rotatable bonds is 13. The van der Waals surface area contributed by atoms with E-state index in [9.17, 15) is 27.4 Å². The lowest BCUT2D eigenvalue weighted by Crippen LogP contribution is -2.32. The van der Waals surface area contributed by atoms with Crippen molar-refractivity contribution in [2.45, 2.75) is 31.6 Å². The fraction of sp³-hybridized carbons (Fsp3) is 0.308. The van der Waals surface area contributed by atoms with Crippen LogP contribution in [-0.2, 0) is 22.9 Å². The fourth-order valence-electron chi connectivity index (χ4n) is 3.87. The Morgan fingerprint density at radius 2 is 1.68 bits per heavy atom. The molecule has 0 aliphatic carbocycles. The number of alkyl halides is 2. The van der Waals surface area contributed by atoms with Crippen LogP contribution in [0.5, 0.6) is 17.2 Å². The topological polar surface area (TPSA) is 117 Å². The summed E-state index contributed by atoms with van der Waals surface area (Å²) in [5, 5.41) is 24.0. The lowest BCUT2D eigenvalue weighted by atomic mass is 9.97. The summed E-state index contributed by atoms with van der Waals surface area (Å²) in [5.41, 5.74) is 2.42. The van der Waals surface area contributed by atoms with Crippen molar-refractivity contribution in [3.8, 4) is 17.2 Å². The second kappa shape index (κ2) is 12.7. The van der Waals surface area contributed by atoms with Crippen LogP contribution in [0.1, 0.15) is 22.7 Å². The standard InChI is InChI=1S/C26H30F2N2O6S/c1-35-25-15-19(9-11-24(25)36-26(27)28)21(13-17-6-4-3-5-7-17)29-16-20(31)12-18-8-10-23(32)22(14-18)30-37(2,33)34/h3-11,14-15,20-21,26,29-32H,12-13,16H2,1-2H3. The summed E-state index contributed by atoms with van der Waals surface area (Å²) >= 11 is 0. The lowest BCUT2D eigenvalue weighted by Gasteiger charge is -2.23. The number of methoxy groups -OCH3 is 1. The van der Waals surface area contributed by atoms with Crippen LogP contribution in [-0.4, -0.2) is 51.3 Å². The van der Waals surface area contributed by atoms with E-state index in [1.54, 1.807) is 18.2 Å². The van der Waals surface area contributed by atoms with Gasteiger partial charge in [-0.05, 0) is 53.8 Å². The molecule has 0 saturated carbocycles. The summed E-state index contributed by atoms with van der Waals surface area (Å²) in [7, 11) is -2.22. The summed E-state index contributed by atoms with van der Waals surface area (Å²) in [6.45, 7) is -2.81. The van der Waals surface area contributed by atoms with Gasteiger partial charge in [-0.3, -0.25) is 4.72 Å². The van der Waals surface area contributed by atoms with Crippen molar-refractivity contribution in [1.82, 2.24) is 5.32 Å². The first-order chi connectivity index (χ1) is 17.5. The number of phenols is 1. The third-order valence-corrected chi connectivity index (χ3v) is 6.11. The van der Waals surface area contributed by atoms with Gasteiger partial charge in [-0.2, -0.15) is 8.78 Å². The van der Waals surface area contributed by atoms with E-state index in [4.69, 9.17) is 4.74 Å². The summed E-state index contributed by atoms with van der Waals surface area (Å²) in [4.78, 5) is 0. The number of aliphatic hydroxyl groups excluding tert-OH is 1. The molecule has 0 fully saturated rings. The van der Waals surface area contributed by atoms with Crippen molar-refractivity contribution in [3.05, 3.63) is 83.4 Å². The summed E-state index contributed by atoms with van der Waals surface area (Å²) in [6, 6.07) is 18.5. The second-order valence-corrected chi connectivity index (χ2v) is 10.3. The third kappa shape index (κ3) is 8.88. The van der Waals surface area contributed by atoms with E-state index in [2.05, 4.69) is 14.8 Å². The van der Waals surface area contributed by atoms with E-state index >= 15 is 0 Å². The molecule has 200 valence electrons. The van der Waals surface area contributed by atoms with Crippen LogP contribution in [0, 0.1) is 0 Å². The Hall–Kier alpha value is -3.41. The van der Waals surface area contributed by atoms with Crippen molar-refractivity contribution >= 4 is 15.7 Å². The molecular formula is C26H30F2N2O6S. The van der Waals surface area contributed by atoms with Gasteiger partial charge in [0, 0.05) is 12.6 Å². The molecule has 0 heterocycles. The van der Waals surface area contributed by atoms with Crippen LogP contribution in [0.15, 0.2) is 66.7 Å². The molecule has 11 heteroatoms. The van der Waals surface area contributed by atoms with Crippen molar-refractivity contribution in [2.75, 3.05) is 24.6 Å². The number of aromatic hydroxyl groups is 1. The minimum atomic E-state index is -3.59. The third-order valence-electron chi connectivity index (χ3n) is 5.52. The highest BCUT2D eigenvalue weighted by Gasteiger charge is 2.19. The van der Waals surface area contributed by atoms with Gasteiger partial charge in [0.25, 0.3) is 0 Å². The van der Waals surface area contributed by atoms with Crippen LogP contribution in [0.25, 0.3) is 0 Å². The van der Waals surface area contributed by atoms with Crippen molar-refractivity contribution in [3.63, 3.8) is 0 Å². The van der Waals surface area contributed by atoms with Crippen LogP contribution in [0.3, 0.4) is 0 Å². The Morgan fingerprint density at radius 3 is 2.32 bits per heavy atom. The van der Waals surface area contributed by atoms with E-state index in [1.807, 2.05) is 30.3 Å². The lowest BCUT2D eigenvalue weighted by molar-refractivity contribution is -0.0512. The SMILES string of the molecule is COc1cc(C(Cc2ccccc2)NCC(O)Cc2ccc(O)c(NS(C)(=O)=O)c2)ccc1OC(F)F. The highest BCUT2D eigenvalue weighted by molar-refractivity contribution is 7.92. The predicted octanol–water partition coefficient (Wildman–Crippen LogP) is 3.85. The highest BCUT2D eigenvalue weighted by Crippen LogP contribution is 2.32. The Labute approximate surface area is 214 Å². The van der Waals surface area contributed by atoms with E-state index in [1.165, 1.54) is 25.3 Å². The van der Waals surface area contributed by atoms with Gasteiger partial charge in [0.1, 0.15) is 5.75 Å². The molecule has 0 amide bonds. The average Bonchev–Trinajstić information content (AvgIpc) is 2.83. The number of anilines is 1. The molecule has 0 aromatic heterocycles. The van der Waals surface area contributed by atoms with Crippen LogP contribution in [0.4, 0.5) is 14.5 Å². The first-order valence-corrected chi connectivity index (χ1v) is 13.3. The Kier molecular flexibility index (Phi) is 9.67. The predicted molar refractivity (Wildman–Crippen MR) is 137 cm³/mol. The monoisotopic (exact) mass is 536 g/mol. The van der Waals surface area contributed by atoms with Gasteiger partial charge in [0.2, 0.25) is 10.0 Å². The summed E-state index contributed by atoms with van der Waals surface area (Å²) < 4.78 is 60.5. The highest BCUT2D eigenvalue weighted by atomic mass is 32.2. The molecule has 4 N–H and O–H groups in total. The van der Waals surface area contributed by atoms with E-state index in [0.717, 1.165) is 17.4 Å². The summed E-state index contributed by atoms with van der Waals surface area (Å²) in [6.07, 6.45) is 0.866. The number of sulfonamides is 1. The molecule has 0 aliphatic heterocycles. The number of benzene rings is 3. The average molecular weight is 537 g/mol. The van der Waals surface area contributed by atoms with Crippen LogP contribution in [0.2, 0.25) is 0 Å². The van der Waals surface area contributed by atoms with E-state index < -0.39 is 22.7 Å². The van der Waals surface area contributed by atoms with E-state index in [0.29, 0.717) is 12.0 Å². The zero-order chi connectivity index (χ0) is 27.0. The van der Waals surface area contributed by atoms with Crippen LogP contribution < -0.4 is 19.5 Å². The molecule has 3 aromatic rings. The van der Waals surface area contributed by atoms with Gasteiger partial charge in [-0.15, -0.1) is 0 Å². The zero-order valence-electron chi connectivity index (χ0n) is 20.4. The number of hydrogen-bond acceptors (Lipinski definition) is 7. The molecule has 0 saturated heterocycles. The smallest absolute Gasteiger partial charge is 0.387 e. The second-order valence-electron chi connectivity index (χ2n) is 8.52. The maximum absolute atomic E-state index is 12.7.